The summed E-state index contributed by atoms with van der Waals surface area (Å²) < 4.78 is 0. The van der Waals surface area contributed by atoms with E-state index >= 15 is 0 Å². The van der Waals surface area contributed by atoms with E-state index < -0.39 is 6.04 Å². The van der Waals surface area contributed by atoms with Crippen LogP contribution in [0.15, 0.2) is 24.3 Å². The summed E-state index contributed by atoms with van der Waals surface area (Å²) in [5, 5.41) is 2.84. The molecule has 2 amide bonds. The number of benzene rings is 1. The maximum atomic E-state index is 12.3. The van der Waals surface area contributed by atoms with Crippen molar-refractivity contribution in [3.8, 4) is 0 Å². The molecule has 120 valence electrons. The molecule has 0 unspecified atom stereocenters. The fourth-order valence-electron chi connectivity index (χ4n) is 2.42. The number of rotatable bonds is 5. The van der Waals surface area contributed by atoms with Gasteiger partial charge in [0.25, 0.3) is 0 Å². The zero-order valence-corrected chi connectivity index (χ0v) is 14.4. The van der Waals surface area contributed by atoms with Gasteiger partial charge >= 0.3 is 0 Å². The number of hydrogen-bond acceptors (Lipinski definition) is 3. The Bertz CT molecular complexity index is 542. The lowest BCUT2D eigenvalue weighted by Gasteiger charge is -2.29. The van der Waals surface area contributed by atoms with Crippen LogP contribution < -0.4 is 5.32 Å². The topological polar surface area (TPSA) is 49.4 Å². The summed E-state index contributed by atoms with van der Waals surface area (Å²) in [6, 6.07) is 7.71. The first-order valence-electron chi connectivity index (χ1n) is 7.67. The van der Waals surface area contributed by atoms with Gasteiger partial charge in [-0.05, 0) is 25.3 Å². The summed E-state index contributed by atoms with van der Waals surface area (Å²) in [5.41, 5.74) is 2.26. The van der Waals surface area contributed by atoms with E-state index in [1.807, 2.05) is 31.2 Å². The average molecular weight is 320 g/mol. The first-order valence-corrected chi connectivity index (χ1v) is 8.72. The molecule has 22 heavy (non-hydrogen) atoms. The van der Waals surface area contributed by atoms with Crippen molar-refractivity contribution in [1.29, 1.82) is 0 Å². The van der Waals surface area contributed by atoms with E-state index in [1.165, 1.54) is 5.56 Å². The quantitative estimate of drug-likeness (QED) is 0.907. The molecule has 0 saturated carbocycles. The highest BCUT2D eigenvalue weighted by molar-refractivity contribution is 8.00. The Labute approximate surface area is 136 Å². The molecule has 1 aliphatic rings. The van der Waals surface area contributed by atoms with Crippen LogP contribution in [-0.4, -0.2) is 35.1 Å². The fraction of sp³-hybridized carbons (Fsp3) is 0.529. The zero-order valence-electron chi connectivity index (χ0n) is 13.6. The molecule has 1 N–H and O–H groups in total. The second-order valence-corrected chi connectivity index (χ2v) is 7.26. The number of carbonyl (C=O) groups is 2. The van der Waals surface area contributed by atoms with Gasteiger partial charge in [0.2, 0.25) is 11.8 Å². The Hall–Kier alpha value is -1.49. The van der Waals surface area contributed by atoms with Crippen molar-refractivity contribution in [3.63, 3.8) is 0 Å². The number of carbonyl (C=O) groups excluding carboxylic acids is 2. The van der Waals surface area contributed by atoms with Gasteiger partial charge in [0.15, 0.2) is 0 Å². The minimum Gasteiger partial charge on any atom is -0.354 e. The molecule has 4 nitrogen and oxygen atoms in total. The lowest BCUT2D eigenvalue weighted by atomic mass is 10.1. The molecule has 1 fully saturated rings. The van der Waals surface area contributed by atoms with Gasteiger partial charge in [-0.1, -0.05) is 43.7 Å². The molecule has 0 aromatic heterocycles. The maximum Gasteiger partial charge on any atom is 0.242 e. The molecule has 1 aromatic carbocycles. The van der Waals surface area contributed by atoms with E-state index in [1.54, 1.807) is 23.6 Å². The monoisotopic (exact) mass is 320 g/mol. The summed E-state index contributed by atoms with van der Waals surface area (Å²) in [6.07, 6.45) is 0. The predicted molar refractivity (Wildman–Crippen MR) is 90.5 cm³/mol. The van der Waals surface area contributed by atoms with Crippen LogP contribution in [0.1, 0.15) is 37.3 Å². The van der Waals surface area contributed by atoms with Crippen molar-refractivity contribution in [2.75, 3.05) is 12.3 Å². The van der Waals surface area contributed by atoms with Crippen LogP contribution in [0, 0.1) is 12.8 Å². The molecule has 0 bridgehead atoms. The largest absolute Gasteiger partial charge is 0.354 e. The summed E-state index contributed by atoms with van der Waals surface area (Å²) in [4.78, 5) is 26.2. The molecular weight excluding hydrogens is 296 g/mol. The number of thioether (sulfide) groups is 1. The first kappa shape index (κ1) is 16.9. The fourth-order valence-corrected chi connectivity index (χ4v) is 3.68. The molecule has 2 atom stereocenters. The van der Waals surface area contributed by atoms with Gasteiger partial charge in [-0.2, -0.15) is 0 Å². The number of nitrogens with one attached hydrogen (secondary N) is 1. The molecule has 0 radical (unpaired) electrons. The second-order valence-electron chi connectivity index (χ2n) is 6.19. The molecule has 1 aromatic rings. The van der Waals surface area contributed by atoms with Crippen LogP contribution in [0.5, 0.6) is 0 Å². The Morgan fingerprint density at radius 1 is 1.32 bits per heavy atom. The van der Waals surface area contributed by atoms with E-state index in [-0.39, 0.29) is 17.2 Å². The zero-order chi connectivity index (χ0) is 16.3. The van der Waals surface area contributed by atoms with E-state index in [4.69, 9.17) is 0 Å². The van der Waals surface area contributed by atoms with Crippen molar-refractivity contribution < 1.29 is 9.59 Å². The molecule has 1 saturated heterocycles. The molecule has 1 aliphatic heterocycles. The van der Waals surface area contributed by atoms with Crippen LogP contribution >= 0.6 is 11.8 Å². The Morgan fingerprint density at radius 2 is 1.95 bits per heavy atom. The molecule has 0 spiro atoms. The molecule has 0 aliphatic carbocycles. The highest BCUT2D eigenvalue weighted by Gasteiger charge is 2.38. The Morgan fingerprint density at radius 3 is 2.55 bits per heavy atom. The highest BCUT2D eigenvalue weighted by atomic mass is 32.2. The third-order valence-electron chi connectivity index (χ3n) is 3.75. The summed E-state index contributed by atoms with van der Waals surface area (Å²) >= 11 is 1.58. The lowest BCUT2D eigenvalue weighted by Crippen LogP contribution is -2.47. The number of nitrogens with zero attached hydrogens (tertiary/aromatic N) is 1. The van der Waals surface area contributed by atoms with Crippen LogP contribution in [0.2, 0.25) is 0 Å². The second kappa shape index (κ2) is 7.18. The number of hydrogen-bond donors (Lipinski definition) is 1. The summed E-state index contributed by atoms with van der Waals surface area (Å²) in [6.45, 7) is 8.58. The maximum absolute atomic E-state index is 12.3. The van der Waals surface area contributed by atoms with Crippen molar-refractivity contribution in [2.24, 2.45) is 5.92 Å². The van der Waals surface area contributed by atoms with E-state index in [0.29, 0.717) is 18.2 Å². The van der Waals surface area contributed by atoms with Gasteiger partial charge in [-0.3, -0.25) is 9.59 Å². The molecule has 2 rings (SSSR count). The highest BCUT2D eigenvalue weighted by Crippen LogP contribution is 2.39. The van der Waals surface area contributed by atoms with E-state index in [9.17, 15) is 9.59 Å². The molecule has 5 heteroatoms. The molecular formula is C17H24N2O2S. The van der Waals surface area contributed by atoms with Gasteiger partial charge in [0, 0.05) is 6.54 Å². The van der Waals surface area contributed by atoms with Crippen LogP contribution in [0.4, 0.5) is 0 Å². The van der Waals surface area contributed by atoms with Crippen LogP contribution in [0.3, 0.4) is 0 Å². The smallest absolute Gasteiger partial charge is 0.242 e. The van der Waals surface area contributed by atoms with Crippen molar-refractivity contribution >= 4 is 23.6 Å². The van der Waals surface area contributed by atoms with E-state index in [2.05, 4.69) is 19.2 Å². The van der Waals surface area contributed by atoms with Gasteiger partial charge in [0.1, 0.15) is 11.4 Å². The Balaban J connectivity index is 2.13. The van der Waals surface area contributed by atoms with Gasteiger partial charge in [-0.25, -0.2) is 0 Å². The summed E-state index contributed by atoms with van der Waals surface area (Å²) in [5.74, 6) is 0.775. The molecule has 1 heterocycles. The van der Waals surface area contributed by atoms with Gasteiger partial charge in [0.05, 0.1) is 5.75 Å². The van der Waals surface area contributed by atoms with Crippen LogP contribution in [0.25, 0.3) is 0 Å². The van der Waals surface area contributed by atoms with Crippen molar-refractivity contribution in [3.05, 3.63) is 35.4 Å². The predicted octanol–water partition coefficient (Wildman–Crippen LogP) is 2.73. The minimum absolute atomic E-state index is 0.0303. The summed E-state index contributed by atoms with van der Waals surface area (Å²) in [7, 11) is 0. The third kappa shape index (κ3) is 3.83. The third-order valence-corrected chi connectivity index (χ3v) is 4.98. The lowest BCUT2D eigenvalue weighted by molar-refractivity contribution is -0.137. The Kier molecular flexibility index (Phi) is 5.51. The van der Waals surface area contributed by atoms with Crippen molar-refractivity contribution in [1.82, 2.24) is 10.2 Å². The van der Waals surface area contributed by atoms with Gasteiger partial charge < -0.3 is 10.2 Å². The van der Waals surface area contributed by atoms with E-state index in [0.717, 1.165) is 5.56 Å². The average Bonchev–Trinajstić information content (AvgIpc) is 2.86. The van der Waals surface area contributed by atoms with Crippen LogP contribution in [-0.2, 0) is 9.59 Å². The minimum atomic E-state index is -0.451. The number of amides is 2. The standard InChI is InChI=1S/C17H24N2O2S/c1-11(2)9-18-16(21)13(4)19-15(20)10-22-17(19)14-7-5-12(3)6-8-14/h5-8,11,13,17H,9-10H2,1-4H3,(H,18,21)/t13-,17-/m1/s1. The first-order chi connectivity index (χ1) is 10.4. The van der Waals surface area contributed by atoms with Gasteiger partial charge in [-0.15, -0.1) is 11.8 Å². The number of aryl methyl sites for hydroxylation is 1. The SMILES string of the molecule is Cc1ccc([C@H]2SCC(=O)N2[C@H](C)C(=O)NCC(C)C)cc1. The normalized spacial score (nSPS) is 19.6. The van der Waals surface area contributed by atoms with Crippen molar-refractivity contribution in [2.45, 2.75) is 39.1 Å².